The topological polar surface area (TPSA) is 61.2 Å². The van der Waals surface area contributed by atoms with E-state index in [1.54, 1.807) is 0 Å². The maximum absolute atomic E-state index is 6.59. The van der Waals surface area contributed by atoms with E-state index in [1.165, 1.54) is 11.3 Å². The van der Waals surface area contributed by atoms with Crippen LogP contribution in [0.15, 0.2) is 138 Å². The van der Waals surface area contributed by atoms with Gasteiger partial charge in [0, 0.05) is 34.0 Å². The summed E-state index contributed by atoms with van der Waals surface area (Å²) in [5.74, 6) is 3.12. The maximum Gasteiger partial charge on any atom is 0.238 e. The van der Waals surface area contributed by atoms with Gasteiger partial charge >= 0.3 is 0 Å². The Kier molecular flexibility index (Phi) is 6.47. The third kappa shape index (κ3) is 4.66. The van der Waals surface area contributed by atoms with Crippen molar-refractivity contribution in [3.63, 3.8) is 0 Å². The number of rotatable bonds is 5. The molecule has 3 aliphatic rings. The second-order valence-electron chi connectivity index (χ2n) is 13.1. The molecule has 0 N–H and O–H groups in total. The Bertz CT molecular complexity index is 2590. The second-order valence-corrected chi connectivity index (χ2v) is 13.1. The Labute approximate surface area is 283 Å². The zero-order chi connectivity index (χ0) is 32.3. The molecule has 10 rings (SSSR count). The SMILES string of the molecule is C1=CCCC(C2C=C(c3nc(-c4cccc(-c5ccccc5)c4)nc(-n4c5ccccc5c5cn6c7c(oc6c54)C=CCC7)n3)C=CC2)=C1. The van der Waals surface area contributed by atoms with Gasteiger partial charge in [-0.1, -0.05) is 115 Å². The van der Waals surface area contributed by atoms with Gasteiger partial charge < -0.3 is 4.42 Å². The van der Waals surface area contributed by atoms with Crippen LogP contribution in [-0.4, -0.2) is 23.9 Å². The summed E-state index contributed by atoms with van der Waals surface area (Å²) in [6, 6.07) is 27.4. The molecule has 6 heteroatoms. The minimum Gasteiger partial charge on any atom is -0.436 e. The number of para-hydroxylation sites is 1. The lowest BCUT2D eigenvalue weighted by Gasteiger charge is -2.21. The van der Waals surface area contributed by atoms with Gasteiger partial charge in [0.15, 0.2) is 11.6 Å². The maximum atomic E-state index is 6.59. The van der Waals surface area contributed by atoms with Crippen LogP contribution in [0.1, 0.15) is 43.0 Å². The van der Waals surface area contributed by atoms with Crippen LogP contribution in [0.4, 0.5) is 0 Å². The Morgan fingerprint density at radius 1 is 0.714 bits per heavy atom. The van der Waals surface area contributed by atoms with Gasteiger partial charge in [0.2, 0.25) is 11.7 Å². The van der Waals surface area contributed by atoms with E-state index in [1.807, 2.05) is 6.07 Å². The molecule has 3 aromatic carbocycles. The Morgan fingerprint density at radius 3 is 2.47 bits per heavy atom. The Morgan fingerprint density at radius 2 is 1.55 bits per heavy atom. The van der Waals surface area contributed by atoms with Crippen molar-refractivity contribution in [2.45, 2.75) is 32.1 Å². The summed E-state index contributed by atoms with van der Waals surface area (Å²) in [4.78, 5) is 15.7. The highest BCUT2D eigenvalue weighted by Crippen LogP contribution is 2.39. The van der Waals surface area contributed by atoms with Gasteiger partial charge in [0.05, 0.1) is 11.2 Å². The van der Waals surface area contributed by atoms with E-state index in [0.29, 0.717) is 23.5 Å². The molecule has 0 aliphatic heterocycles. The molecule has 4 aromatic heterocycles. The number of allylic oxidation sites excluding steroid dienone is 9. The lowest BCUT2D eigenvalue weighted by atomic mass is 9.85. The lowest BCUT2D eigenvalue weighted by Crippen LogP contribution is -2.10. The van der Waals surface area contributed by atoms with Crippen molar-refractivity contribution in [2.24, 2.45) is 5.92 Å². The summed E-state index contributed by atoms with van der Waals surface area (Å²) in [7, 11) is 0. The summed E-state index contributed by atoms with van der Waals surface area (Å²) in [5.41, 5.74) is 9.70. The number of benzene rings is 3. The standard InChI is InChI=1S/C43H33N5O/c1-3-13-28(14-4-1)30-17-11-19-32(25-30)40-44-41(33-20-12-18-31(26-33)29-15-5-2-6-16-29)46-43(45-40)48-36-22-8-7-21-34(36)35-27-47-37-23-9-10-24-38(37)49-42(47)39(35)48/h1-5,7-8,10-15,17,19-22,24-27,31H,6,9,16,18,23H2. The normalized spacial score (nSPS) is 17.2. The molecule has 0 fully saturated rings. The van der Waals surface area contributed by atoms with Crippen LogP contribution in [0.25, 0.3) is 67.6 Å². The van der Waals surface area contributed by atoms with Crippen molar-refractivity contribution in [1.29, 1.82) is 0 Å². The minimum absolute atomic E-state index is 0.322. The predicted molar refractivity (Wildman–Crippen MR) is 197 cm³/mol. The summed E-state index contributed by atoms with van der Waals surface area (Å²) < 4.78 is 11.0. The molecule has 0 bridgehead atoms. The van der Waals surface area contributed by atoms with Gasteiger partial charge in [0.25, 0.3) is 0 Å². The van der Waals surface area contributed by atoms with E-state index in [0.717, 1.165) is 87.6 Å². The first-order valence-corrected chi connectivity index (χ1v) is 17.2. The van der Waals surface area contributed by atoms with Crippen LogP contribution in [0, 0.1) is 5.92 Å². The van der Waals surface area contributed by atoms with E-state index in [9.17, 15) is 0 Å². The first-order valence-electron chi connectivity index (χ1n) is 17.2. The van der Waals surface area contributed by atoms with E-state index < -0.39 is 0 Å². The largest absolute Gasteiger partial charge is 0.436 e. The number of aryl methyl sites for hydroxylation is 1. The summed E-state index contributed by atoms with van der Waals surface area (Å²) >= 11 is 0. The van der Waals surface area contributed by atoms with Gasteiger partial charge in [-0.25, -0.2) is 4.98 Å². The first kappa shape index (κ1) is 28.0. The van der Waals surface area contributed by atoms with Crippen LogP contribution in [0.2, 0.25) is 0 Å². The molecular weight excluding hydrogens is 603 g/mol. The van der Waals surface area contributed by atoms with E-state index in [2.05, 4.69) is 137 Å². The molecular formula is C43H33N5O. The van der Waals surface area contributed by atoms with Gasteiger partial charge in [-0.3, -0.25) is 8.97 Å². The van der Waals surface area contributed by atoms with Gasteiger partial charge in [0.1, 0.15) is 11.3 Å². The third-order valence-corrected chi connectivity index (χ3v) is 10.1. The molecule has 0 amide bonds. The first-order chi connectivity index (χ1) is 24.3. The zero-order valence-corrected chi connectivity index (χ0v) is 27.0. The van der Waals surface area contributed by atoms with Crippen LogP contribution in [0.5, 0.6) is 0 Å². The molecule has 236 valence electrons. The van der Waals surface area contributed by atoms with E-state index in [4.69, 9.17) is 19.4 Å². The zero-order valence-electron chi connectivity index (χ0n) is 27.0. The Balaban J connectivity index is 1.22. The van der Waals surface area contributed by atoms with Crippen molar-refractivity contribution in [1.82, 2.24) is 23.9 Å². The number of nitrogens with zero attached hydrogens (tertiary/aromatic N) is 5. The van der Waals surface area contributed by atoms with Gasteiger partial charge in [-0.2, -0.15) is 9.97 Å². The van der Waals surface area contributed by atoms with Crippen molar-refractivity contribution >= 4 is 39.2 Å². The molecule has 0 radical (unpaired) electrons. The van der Waals surface area contributed by atoms with Crippen molar-refractivity contribution in [3.8, 4) is 28.5 Å². The predicted octanol–water partition coefficient (Wildman–Crippen LogP) is 10.3. The number of oxazole rings is 1. The van der Waals surface area contributed by atoms with Crippen molar-refractivity contribution < 1.29 is 4.42 Å². The summed E-state index contributed by atoms with van der Waals surface area (Å²) in [5, 5.41) is 2.26. The fourth-order valence-corrected chi connectivity index (χ4v) is 7.69. The van der Waals surface area contributed by atoms with Crippen LogP contribution < -0.4 is 0 Å². The minimum atomic E-state index is 0.322. The number of aromatic nitrogens is 5. The average Bonchev–Trinajstić information content (AvgIpc) is 3.83. The van der Waals surface area contributed by atoms with E-state index >= 15 is 0 Å². The molecule has 0 saturated heterocycles. The van der Waals surface area contributed by atoms with Crippen molar-refractivity contribution in [2.75, 3.05) is 0 Å². The molecule has 4 heterocycles. The highest BCUT2D eigenvalue weighted by molar-refractivity contribution is 6.13. The summed E-state index contributed by atoms with van der Waals surface area (Å²) in [6.45, 7) is 0. The fourth-order valence-electron chi connectivity index (χ4n) is 7.69. The molecule has 3 aliphatic carbocycles. The van der Waals surface area contributed by atoms with Crippen LogP contribution >= 0.6 is 0 Å². The Hall–Kier alpha value is -6.01. The third-order valence-electron chi connectivity index (χ3n) is 10.1. The molecule has 1 unspecified atom stereocenters. The monoisotopic (exact) mass is 635 g/mol. The van der Waals surface area contributed by atoms with Crippen molar-refractivity contribution in [3.05, 3.63) is 150 Å². The fraction of sp³-hybridized carbons (Fsp3) is 0.140. The van der Waals surface area contributed by atoms with Gasteiger partial charge in [-0.15, -0.1) is 0 Å². The van der Waals surface area contributed by atoms with Gasteiger partial charge in [-0.05, 0) is 61.4 Å². The van der Waals surface area contributed by atoms with Crippen LogP contribution in [0.3, 0.4) is 0 Å². The molecule has 1 atom stereocenters. The molecule has 0 saturated carbocycles. The number of hydrogen-bond acceptors (Lipinski definition) is 4. The molecule has 49 heavy (non-hydrogen) atoms. The quantitative estimate of drug-likeness (QED) is 0.189. The molecule has 6 nitrogen and oxygen atoms in total. The number of hydrogen-bond donors (Lipinski definition) is 0. The molecule has 0 spiro atoms. The number of fused-ring (bicyclic) bond motifs is 7. The highest BCUT2D eigenvalue weighted by atomic mass is 16.4. The summed E-state index contributed by atoms with van der Waals surface area (Å²) in [6.07, 6.45) is 25.1. The average molecular weight is 636 g/mol. The van der Waals surface area contributed by atoms with E-state index in [-0.39, 0.29) is 0 Å². The lowest BCUT2D eigenvalue weighted by molar-refractivity contribution is 0.594. The second kappa shape index (κ2) is 11.3. The highest BCUT2D eigenvalue weighted by Gasteiger charge is 2.26. The van der Waals surface area contributed by atoms with Crippen LogP contribution in [-0.2, 0) is 6.42 Å². The smallest absolute Gasteiger partial charge is 0.238 e. The molecule has 7 aromatic rings.